The van der Waals surface area contributed by atoms with Gasteiger partial charge >= 0.3 is 30.7 Å². The van der Waals surface area contributed by atoms with Crippen molar-refractivity contribution >= 4 is 18.8 Å². The zero-order valence-electron chi connectivity index (χ0n) is 14.1. The van der Waals surface area contributed by atoms with Crippen LogP contribution in [0.1, 0.15) is 33.4 Å². The van der Waals surface area contributed by atoms with Crippen molar-refractivity contribution in [1.82, 2.24) is 0 Å². The van der Waals surface area contributed by atoms with Crippen LogP contribution >= 0.6 is 0 Å². The maximum absolute atomic E-state index is 7.36. The van der Waals surface area contributed by atoms with E-state index in [2.05, 4.69) is 33.8 Å². The van der Waals surface area contributed by atoms with Crippen molar-refractivity contribution in [2.24, 2.45) is 0 Å². The summed E-state index contributed by atoms with van der Waals surface area (Å²) in [6.07, 6.45) is 0. The van der Waals surface area contributed by atoms with E-state index in [-0.39, 0.29) is 24.8 Å². The normalized spacial score (nSPS) is 8.36. The summed E-state index contributed by atoms with van der Waals surface area (Å²) >= 11 is 4.00. The molecule has 120 valence electrons. The van der Waals surface area contributed by atoms with Gasteiger partial charge in [0.2, 0.25) is 0 Å². The second-order valence-electron chi connectivity index (χ2n) is 5.01. The molecule has 1 nitrogen and oxygen atoms in total. The molecule has 0 heterocycles. The predicted molar refractivity (Wildman–Crippen MR) is 86.6 cm³/mol. The van der Waals surface area contributed by atoms with E-state index in [1.165, 1.54) is 27.8 Å². The number of aryl methyl sites for hydroxylation is 3. The molecular weight excluding hydrogens is 410 g/mol. The van der Waals surface area contributed by atoms with Crippen LogP contribution in [0.25, 0.3) is 5.73 Å². The molecule has 0 bridgehead atoms. The van der Waals surface area contributed by atoms with Gasteiger partial charge in [-0.3, -0.25) is 0 Å². The van der Waals surface area contributed by atoms with Crippen LogP contribution < -0.4 is 24.8 Å². The van der Waals surface area contributed by atoms with Crippen LogP contribution in [0.15, 0.2) is 24.3 Å². The molecule has 0 fully saturated rings. The van der Waals surface area contributed by atoms with Crippen LogP contribution in [0, 0.1) is 41.5 Å². The SMILES string of the molecule is Cc1c[c-](C)c(C)c1C.Cc1cccc([NH-])c1C.[Cl-].[Cl-].[Ti+2]=[Ge]. The van der Waals surface area contributed by atoms with Gasteiger partial charge in [-0.25, -0.2) is 0 Å². The van der Waals surface area contributed by atoms with Gasteiger partial charge in [-0.15, -0.1) is 5.69 Å². The van der Waals surface area contributed by atoms with Crippen molar-refractivity contribution in [3.05, 3.63) is 63.4 Å². The molecule has 22 heavy (non-hydrogen) atoms. The van der Waals surface area contributed by atoms with E-state index in [0.717, 1.165) is 5.56 Å². The molecule has 1 N–H and O–H groups in total. The molecule has 0 aliphatic carbocycles. The van der Waals surface area contributed by atoms with E-state index < -0.39 is 0 Å². The molecule has 0 aliphatic rings. The number of halogens is 2. The monoisotopic (exact) mass is 433 g/mol. The van der Waals surface area contributed by atoms with Crippen LogP contribution in [0.2, 0.25) is 0 Å². The average Bonchev–Trinajstić information content (AvgIpc) is 2.66. The molecule has 0 amide bonds. The Morgan fingerprint density at radius 2 is 1.41 bits per heavy atom. The molecule has 0 spiro atoms. The Labute approximate surface area is 165 Å². The molecule has 0 unspecified atom stereocenters. The first-order chi connectivity index (χ1) is 9.34. The molecule has 2 radical (unpaired) electrons. The Kier molecular flexibility index (Phi) is 16.8. The number of hydrogen-bond acceptors (Lipinski definition) is 0. The van der Waals surface area contributed by atoms with E-state index in [1.807, 2.05) is 62.8 Å². The fourth-order valence-electron chi connectivity index (χ4n) is 1.88. The zero-order chi connectivity index (χ0) is 15.9. The standard InChI is InChI=1S/C9H13.C8H10N.2ClH.Ge.Ti/c1-6-5-7(2)9(4)8(6)3;1-6-4-3-5-8(9)7(6)2;;;;/h5H,1-4H3;3-5,9H,1-2H3;2*1H;;/q2*-1;;;;+2/p-2. The number of nitrogens with one attached hydrogen (secondary N) is 1. The summed E-state index contributed by atoms with van der Waals surface area (Å²) in [5.41, 5.74) is 16.0. The van der Waals surface area contributed by atoms with Crippen molar-refractivity contribution in [1.29, 1.82) is 0 Å². The first-order valence-electron chi connectivity index (χ1n) is 6.57. The molecule has 2 rings (SSSR count). The molecule has 0 aromatic heterocycles. The Balaban J connectivity index is -0.000000273. The van der Waals surface area contributed by atoms with Gasteiger partial charge in [0.25, 0.3) is 0 Å². The number of hydrogen-bond donors (Lipinski definition) is 0. The van der Waals surface area contributed by atoms with Gasteiger partial charge in [-0.05, 0) is 19.4 Å². The van der Waals surface area contributed by atoms with Gasteiger partial charge in [0, 0.05) is 0 Å². The Morgan fingerprint density at radius 3 is 1.64 bits per heavy atom. The summed E-state index contributed by atoms with van der Waals surface area (Å²) in [5, 5.41) is 0. The fraction of sp³-hybridized carbons (Fsp3) is 0.353. The van der Waals surface area contributed by atoms with Gasteiger partial charge in [0.1, 0.15) is 0 Å². The second-order valence-corrected chi connectivity index (χ2v) is 5.01. The fourth-order valence-corrected chi connectivity index (χ4v) is 1.88. The van der Waals surface area contributed by atoms with Gasteiger partial charge in [-0.1, -0.05) is 51.5 Å². The topological polar surface area (TPSA) is 23.8 Å². The van der Waals surface area contributed by atoms with Crippen molar-refractivity contribution in [3.63, 3.8) is 0 Å². The zero-order valence-corrected chi connectivity index (χ0v) is 19.2. The minimum atomic E-state index is 0. The van der Waals surface area contributed by atoms with Crippen LogP contribution in [0.4, 0.5) is 5.69 Å². The van der Waals surface area contributed by atoms with E-state index in [9.17, 15) is 0 Å². The van der Waals surface area contributed by atoms with E-state index >= 15 is 0 Å². The minimum absolute atomic E-state index is 0. The van der Waals surface area contributed by atoms with Crippen molar-refractivity contribution in [3.8, 4) is 0 Å². The van der Waals surface area contributed by atoms with E-state index in [0.29, 0.717) is 5.69 Å². The summed E-state index contributed by atoms with van der Waals surface area (Å²) in [6, 6.07) is 7.98. The molecular formula is C17H23Cl2GeNTi-2. The van der Waals surface area contributed by atoms with Crippen LogP contribution in [-0.2, 0) is 17.6 Å². The van der Waals surface area contributed by atoms with E-state index in [1.54, 1.807) is 0 Å². The van der Waals surface area contributed by atoms with Crippen molar-refractivity contribution < 1.29 is 42.4 Å². The maximum atomic E-state index is 7.36. The Morgan fingerprint density at radius 1 is 0.909 bits per heavy atom. The van der Waals surface area contributed by atoms with Crippen molar-refractivity contribution in [2.75, 3.05) is 0 Å². The number of benzene rings is 1. The summed E-state index contributed by atoms with van der Waals surface area (Å²) in [5.74, 6) is 0. The second kappa shape index (κ2) is 13.6. The summed E-state index contributed by atoms with van der Waals surface area (Å²) in [4.78, 5) is 0. The van der Waals surface area contributed by atoms with Gasteiger partial charge in [0.05, 0.1) is 0 Å². The molecule has 0 saturated carbocycles. The quantitative estimate of drug-likeness (QED) is 0.387. The van der Waals surface area contributed by atoms with Crippen LogP contribution in [0.3, 0.4) is 0 Å². The van der Waals surface area contributed by atoms with Crippen LogP contribution in [0.5, 0.6) is 0 Å². The van der Waals surface area contributed by atoms with Gasteiger partial charge in [0.15, 0.2) is 0 Å². The number of rotatable bonds is 0. The first kappa shape index (κ1) is 27.1. The average molecular weight is 433 g/mol. The third-order valence-corrected chi connectivity index (χ3v) is 3.78. The molecule has 5 heteroatoms. The summed E-state index contributed by atoms with van der Waals surface area (Å²) in [7, 11) is 0. The summed E-state index contributed by atoms with van der Waals surface area (Å²) in [6.45, 7) is 12.7. The third kappa shape index (κ3) is 8.17. The molecule has 2 aromatic carbocycles. The van der Waals surface area contributed by atoms with E-state index in [4.69, 9.17) is 5.73 Å². The summed E-state index contributed by atoms with van der Waals surface area (Å²) < 4.78 is 0. The molecule has 0 atom stereocenters. The predicted octanol–water partition coefficient (Wildman–Crippen LogP) is -0.749. The van der Waals surface area contributed by atoms with Gasteiger partial charge in [-0.2, -0.15) is 28.3 Å². The molecule has 0 saturated heterocycles. The molecule has 0 aliphatic heterocycles. The van der Waals surface area contributed by atoms with Gasteiger partial charge < -0.3 is 30.5 Å². The Hall–Kier alpha value is 0.207. The van der Waals surface area contributed by atoms with Crippen LogP contribution in [-0.4, -0.2) is 13.1 Å². The first-order valence-corrected chi connectivity index (χ1v) is 11.7. The van der Waals surface area contributed by atoms with Crippen molar-refractivity contribution in [2.45, 2.75) is 41.5 Å². The molecule has 2 aromatic rings. The third-order valence-electron chi connectivity index (χ3n) is 3.78. The Bertz CT molecular complexity index is 525.